The molecule has 0 aromatic carbocycles. The van der Waals surface area contributed by atoms with Gasteiger partial charge in [0, 0.05) is 20.0 Å². The smallest absolute Gasteiger partial charge is 0.317 e. The summed E-state index contributed by atoms with van der Waals surface area (Å²) in [5.74, 6) is 0.777. The molecule has 2 N–H and O–H groups in total. The van der Waals surface area contributed by atoms with Crippen molar-refractivity contribution in [3.05, 3.63) is 11.6 Å². The number of allylic oxidation sites excluding steroid dienone is 1. The summed E-state index contributed by atoms with van der Waals surface area (Å²) < 4.78 is 35.9. The van der Waals surface area contributed by atoms with Crippen LogP contribution >= 0.6 is 0 Å². The van der Waals surface area contributed by atoms with Crippen LogP contribution in [0.15, 0.2) is 11.6 Å². The van der Waals surface area contributed by atoms with E-state index in [4.69, 9.17) is 28.4 Å². The summed E-state index contributed by atoms with van der Waals surface area (Å²) in [4.78, 5) is 26.2. The maximum Gasteiger partial charge on any atom is 0.317 e. The highest BCUT2D eigenvalue weighted by Crippen LogP contribution is 2.67. The molecule has 0 bridgehead atoms. The van der Waals surface area contributed by atoms with Crippen molar-refractivity contribution in [3.8, 4) is 0 Å². The summed E-state index contributed by atoms with van der Waals surface area (Å²) in [6.45, 7) is 7.98. The third kappa shape index (κ3) is 4.76. The predicted molar refractivity (Wildman–Crippen MR) is 156 cm³/mol. The molecule has 0 aromatic rings. The number of methoxy groups -OCH3 is 1. The minimum Gasteiger partial charge on any atom is -0.461 e. The number of aliphatic hydroxyl groups excluding tert-OH is 2. The molecule has 16 atom stereocenters. The van der Waals surface area contributed by atoms with Crippen LogP contribution in [0.3, 0.4) is 0 Å². The van der Waals surface area contributed by atoms with Crippen LogP contribution in [0.1, 0.15) is 85.5 Å². The topological polar surface area (TPSA) is 130 Å². The molecule has 0 unspecified atom stereocenters. The number of ether oxygens (including phenoxy) is 6. The molecule has 3 saturated carbocycles. The van der Waals surface area contributed by atoms with Gasteiger partial charge in [-0.15, -0.1) is 0 Å². The standard InChI is InChI=1S/C34H50O10/c1-16-29-24(35)13-23-21-7-6-19-12-20(8-10-33(19,4)22(21)9-11-34(23,29)32(38)42-16)43-27-14-25(36)31(18(3)41-27)44-28-15-26(39-5)30(37)17(2)40-28/h13,16-22,25-31,36-37H,6-12,14-15H2,1-5H3/t16-,17-,18-,19+,20+,21-,22+,25+,26+,27+,28-,29+,30-,31-,33+,34-/m1/s1. The molecule has 246 valence electrons. The zero-order valence-corrected chi connectivity index (χ0v) is 26.7. The van der Waals surface area contributed by atoms with E-state index in [-0.39, 0.29) is 41.2 Å². The third-order valence-corrected chi connectivity index (χ3v) is 12.9. The Hall–Kier alpha value is -1.40. The Labute approximate surface area is 260 Å². The van der Waals surface area contributed by atoms with Crippen LogP contribution in [0.5, 0.6) is 0 Å². The van der Waals surface area contributed by atoms with Crippen molar-refractivity contribution >= 4 is 11.8 Å². The van der Waals surface area contributed by atoms with Gasteiger partial charge in [0.1, 0.15) is 23.7 Å². The van der Waals surface area contributed by atoms with E-state index < -0.39 is 54.6 Å². The summed E-state index contributed by atoms with van der Waals surface area (Å²) in [5.41, 5.74) is 0.491. The Balaban J connectivity index is 0.961. The fourth-order valence-electron chi connectivity index (χ4n) is 10.6. The van der Waals surface area contributed by atoms with Gasteiger partial charge in [-0.2, -0.15) is 0 Å². The highest BCUT2D eigenvalue weighted by Gasteiger charge is 2.68. The van der Waals surface area contributed by atoms with Crippen molar-refractivity contribution in [2.24, 2.45) is 34.5 Å². The molecule has 44 heavy (non-hydrogen) atoms. The molecule has 7 aliphatic rings. The molecule has 7 rings (SSSR count). The van der Waals surface area contributed by atoms with Gasteiger partial charge in [0.15, 0.2) is 18.4 Å². The van der Waals surface area contributed by atoms with E-state index in [9.17, 15) is 19.8 Å². The van der Waals surface area contributed by atoms with Gasteiger partial charge < -0.3 is 38.6 Å². The third-order valence-electron chi connectivity index (χ3n) is 12.9. The number of fused-ring (bicyclic) bond motifs is 4. The summed E-state index contributed by atoms with van der Waals surface area (Å²) in [7, 11) is 1.56. The first-order valence-corrected chi connectivity index (χ1v) is 16.9. The van der Waals surface area contributed by atoms with E-state index in [0.717, 1.165) is 44.1 Å². The molecule has 3 aliphatic heterocycles. The largest absolute Gasteiger partial charge is 0.461 e. The first-order chi connectivity index (χ1) is 21.0. The summed E-state index contributed by atoms with van der Waals surface area (Å²) >= 11 is 0. The minimum atomic E-state index is -0.773. The number of carbonyl (C=O) groups is 2. The number of aliphatic hydroxyl groups is 2. The minimum absolute atomic E-state index is 0.0511. The average Bonchev–Trinajstić information content (AvgIpc) is 3.43. The van der Waals surface area contributed by atoms with E-state index >= 15 is 0 Å². The van der Waals surface area contributed by atoms with Crippen molar-refractivity contribution < 1.29 is 48.2 Å². The van der Waals surface area contributed by atoms with Crippen molar-refractivity contribution in [3.63, 3.8) is 0 Å². The molecule has 3 heterocycles. The van der Waals surface area contributed by atoms with Crippen molar-refractivity contribution in [2.45, 2.75) is 147 Å². The molecule has 6 fully saturated rings. The maximum absolute atomic E-state index is 13.2. The zero-order chi connectivity index (χ0) is 31.1. The lowest BCUT2D eigenvalue weighted by molar-refractivity contribution is -0.319. The lowest BCUT2D eigenvalue weighted by atomic mass is 9.45. The Bertz CT molecular complexity index is 1160. The summed E-state index contributed by atoms with van der Waals surface area (Å²) in [6.07, 6.45) is 4.42. The number of rotatable bonds is 5. The average molecular weight is 619 g/mol. The number of esters is 1. The van der Waals surface area contributed by atoms with Crippen LogP contribution in [0.2, 0.25) is 0 Å². The molecule has 3 saturated heterocycles. The van der Waals surface area contributed by atoms with E-state index in [1.54, 1.807) is 14.0 Å². The highest BCUT2D eigenvalue weighted by atomic mass is 16.7. The quantitative estimate of drug-likeness (QED) is 0.349. The lowest BCUT2D eigenvalue weighted by Gasteiger charge is -2.59. The van der Waals surface area contributed by atoms with E-state index in [1.165, 1.54) is 0 Å². The Morgan fingerprint density at radius 1 is 0.886 bits per heavy atom. The van der Waals surface area contributed by atoms with Crippen molar-refractivity contribution in [1.82, 2.24) is 0 Å². The molecule has 10 nitrogen and oxygen atoms in total. The number of hydrogen-bond donors (Lipinski definition) is 2. The molecular formula is C34H50O10. The number of cyclic esters (lactones) is 1. The van der Waals surface area contributed by atoms with Crippen LogP contribution in [0.25, 0.3) is 0 Å². The van der Waals surface area contributed by atoms with Crippen LogP contribution in [-0.2, 0) is 38.0 Å². The van der Waals surface area contributed by atoms with Crippen LogP contribution in [-0.4, -0.2) is 90.5 Å². The zero-order valence-electron chi connectivity index (χ0n) is 26.7. The van der Waals surface area contributed by atoms with E-state index in [1.807, 2.05) is 19.9 Å². The SMILES string of the molecule is CO[C@H]1C[C@@H](O[C@H]2[C@@H](O)C[C@H](O[C@H]3CC[C@@]4(C)[C@@H](CC[C@H]5C6=CC(=O)[C@@H]7[C@@H](C)OC(=O)[C@]67CC[C@@H]54)C3)O[C@@H]2C)O[C@H](C)[C@H]1O. The van der Waals surface area contributed by atoms with Gasteiger partial charge in [-0.05, 0) is 101 Å². The first-order valence-electron chi connectivity index (χ1n) is 16.9. The predicted octanol–water partition coefficient (Wildman–Crippen LogP) is 3.45. The molecule has 0 aromatic heterocycles. The summed E-state index contributed by atoms with van der Waals surface area (Å²) in [5, 5.41) is 21.3. The van der Waals surface area contributed by atoms with Crippen LogP contribution < -0.4 is 0 Å². The van der Waals surface area contributed by atoms with E-state index in [0.29, 0.717) is 31.1 Å². The normalized spacial score (nSPS) is 53.7. The number of hydrogen-bond acceptors (Lipinski definition) is 10. The monoisotopic (exact) mass is 618 g/mol. The molecule has 0 amide bonds. The summed E-state index contributed by atoms with van der Waals surface area (Å²) in [6, 6.07) is 0. The molecular weight excluding hydrogens is 568 g/mol. The van der Waals surface area contributed by atoms with Gasteiger partial charge in [0.05, 0.1) is 36.4 Å². The molecule has 4 aliphatic carbocycles. The van der Waals surface area contributed by atoms with E-state index in [2.05, 4.69) is 6.92 Å². The van der Waals surface area contributed by atoms with Gasteiger partial charge in [0.2, 0.25) is 0 Å². The number of ketones is 1. The Morgan fingerprint density at radius 2 is 1.64 bits per heavy atom. The van der Waals surface area contributed by atoms with Crippen molar-refractivity contribution in [2.75, 3.05) is 7.11 Å². The lowest BCUT2D eigenvalue weighted by Crippen LogP contribution is -2.55. The van der Waals surface area contributed by atoms with Gasteiger partial charge in [-0.1, -0.05) is 6.92 Å². The second kappa shape index (κ2) is 11.4. The Morgan fingerprint density at radius 3 is 2.39 bits per heavy atom. The molecule has 1 spiro atoms. The van der Waals surface area contributed by atoms with Crippen LogP contribution in [0, 0.1) is 34.5 Å². The van der Waals surface area contributed by atoms with Crippen LogP contribution in [0.4, 0.5) is 0 Å². The van der Waals surface area contributed by atoms with Gasteiger partial charge >= 0.3 is 5.97 Å². The van der Waals surface area contributed by atoms with Gasteiger partial charge in [-0.3, -0.25) is 9.59 Å². The second-order valence-electron chi connectivity index (χ2n) is 15.1. The molecule has 10 heteroatoms. The molecule has 0 radical (unpaired) electrons. The fraction of sp³-hybridized carbons (Fsp3) is 0.882. The fourth-order valence-corrected chi connectivity index (χ4v) is 10.6. The maximum atomic E-state index is 13.2. The number of carbonyl (C=O) groups excluding carboxylic acids is 2. The highest BCUT2D eigenvalue weighted by molar-refractivity contribution is 6.05. The Kier molecular flexibility index (Phi) is 8.08. The van der Waals surface area contributed by atoms with Crippen molar-refractivity contribution in [1.29, 1.82) is 0 Å². The van der Waals surface area contributed by atoms with Gasteiger partial charge in [0.25, 0.3) is 0 Å². The van der Waals surface area contributed by atoms with Gasteiger partial charge in [-0.25, -0.2) is 0 Å². The first kappa shape index (κ1) is 31.2. The second-order valence-corrected chi connectivity index (χ2v) is 15.1.